The topological polar surface area (TPSA) is 82.5 Å². The van der Waals surface area contributed by atoms with Gasteiger partial charge in [0.1, 0.15) is 5.75 Å². The number of aliphatic hydroxyl groups excluding tert-OH is 1. The smallest absolute Gasteiger partial charge is 0.244 e. The maximum absolute atomic E-state index is 12.0. The number of pyridine rings is 1. The molecule has 1 unspecified atom stereocenters. The van der Waals surface area contributed by atoms with Gasteiger partial charge in [-0.1, -0.05) is 30.3 Å². The number of amides is 1. The van der Waals surface area contributed by atoms with Crippen molar-refractivity contribution in [2.24, 2.45) is 5.41 Å². The van der Waals surface area contributed by atoms with E-state index in [2.05, 4.69) is 10.3 Å². The van der Waals surface area contributed by atoms with Crippen LogP contribution in [0.1, 0.15) is 30.1 Å². The molecule has 0 spiro atoms. The molecule has 24 heavy (non-hydrogen) atoms. The molecule has 1 aliphatic rings. The zero-order chi connectivity index (χ0) is 17.0. The fourth-order valence-corrected chi connectivity index (χ4v) is 2.73. The van der Waals surface area contributed by atoms with Crippen molar-refractivity contribution in [2.45, 2.75) is 18.9 Å². The van der Waals surface area contributed by atoms with E-state index in [9.17, 15) is 15.0 Å². The number of carbonyl (C=O) groups is 1. The van der Waals surface area contributed by atoms with Crippen LogP contribution < -0.4 is 5.32 Å². The summed E-state index contributed by atoms with van der Waals surface area (Å²) >= 11 is 0. The van der Waals surface area contributed by atoms with Crippen molar-refractivity contribution in [3.63, 3.8) is 0 Å². The van der Waals surface area contributed by atoms with E-state index in [0.29, 0.717) is 12.1 Å². The van der Waals surface area contributed by atoms with E-state index >= 15 is 0 Å². The molecule has 1 saturated carbocycles. The van der Waals surface area contributed by atoms with Crippen molar-refractivity contribution in [1.82, 2.24) is 10.3 Å². The molecule has 5 heteroatoms. The van der Waals surface area contributed by atoms with Gasteiger partial charge in [0.15, 0.2) is 0 Å². The Balaban J connectivity index is 1.56. The van der Waals surface area contributed by atoms with E-state index < -0.39 is 6.10 Å². The highest BCUT2D eigenvalue weighted by molar-refractivity contribution is 5.91. The summed E-state index contributed by atoms with van der Waals surface area (Å²) in [5.41, 5.74) is 1.26. The summed E-state index contributed by atoms with van der Waals surface area (Å²) < 4.78 is 0. The first kappa shape index (κ1) is 16.2. The molecule has 1 amide bonds. The fourth-order valence-electron chi connectivity index (χ4n) is 2.73. The van der Waals surface area contributed by atoms with Crippen molar-refractivity contribution in [1.29, 1.82) is 0 Å². The van der Waals surface area contributed by atoms with Gasteiger partial charge in [0.2, 0.25) is 5.91 Å². The summed E-state index contributed by atoms with van der Waals surface area (Å²) in [5.74, 6) is -0.176. The Kier molecular flexibility index (Phi) is 4.62. The van der Waals surface area contributed by atoms with Gasteiger partial charge < -0.3 is 15.5 Å². The lowest BCUT2D eigenvalue weighted by atomic mass is 9.92. The molecular weight excluding hydrogens is 304 g/mol. The monoisotopic (exact) mass is 324 g/mol. The number of aliphatic hydroxyl groups is 1. The van der Waals surface area contributed by atoms with Gasteiger partial charge in [-0.05, 0) is 36.1 Å². The molecule has 1 fully saturated rings. The normalized spacial score (nSPS) is 16.7. The van der Waals surface area contributed by atoms with Crippen molar-refractivity contribution >= 4 is 12.0 Å². The van der Waals surface area contributed by atoms with Crippen molar-refractivity contribution in [3.8, 4) is 5.75 Å². The van der Waals surface area contributed by atoms with E-state index in [1.807, 2.05) is 30.3 Å². The molecule has 5 nitrogen and oxygen atoms in total. The lowest BCUT2D eigenvalue weighted by Gasteiger charge is -2.22. The van der Waals surface area contributed by atoms with E-state index in [-0.39, 0.29) is 17.1 Å². The third-order valence-electron chi connectivity index (χ3n) is 4.37. The summed E-state index contributed by atoms with van der Waals surface area (Å²) in [6.45, 7) is 0.435. The number of carbonyl (C=O) groups excluding carboxylic acids is 1. The summed E-state index contributed by atoms with van der Waals surface area (Å²) in [4.78, 5) is 15.8. The number of hydrogen-bond donors (Lipinski definition) is 3. The molecule has 3 N–H and O–H groups in total. The summed E-state index contributed by atoms with van der Waals surface area (Å²) in [5, 5.41) is 22.8. The Hall–Kier alpha value is -2.66. The van der Waals surface area contributed by atoms with Crippen molar-refractivity contribution in [3.05, 3.63) is 66.0 Å². The predicted molar refractivity (Wildman–Crippen MR) is 91.0 cm³/mol. The van der Waals surface area contributed by atoms with Gasteiger partial charge in [-0.2, -0.15) is 0 Å². The van der Waals surface area contributed by atoms with Crippen LogP contribution in [0.5, 0.6) is 5.75 Å². The molecule has 2 aromatic rings. The Bertz CT molecular complexity index is 739. The first-order chi connectivity index (χ1) is 11.6. The molecule has 3 rings (SSSR count). The first-order valence-electron chi connectivity index (χ1n) is 7.92. The second kappa shape index (κ2) is 6.84. The number of benzene rings is 1. The van der Waals surface area contributed by atoms with Crippen LogP contribution in [0.3, 0.4) is 0 Å². The lowest BCUT2D eigenvalue weighted by Crippen LogP contribution is -2.32. The molecule has 1 aromatic carbocycles. The number of nitrogens with zero attached hydrogens (tertiary/aromatic N) is 1. The van der Waals surface area contributed by atoms with E-state index in [4.69, 9.17) is 0 Å². The Morgan fingerprint density at radius 3 is 2.71 bits per heavy atom. The SMILES string of the molecule is O=C(/C=C/c1cncc(O)c1)NCC1(C(O)c2ccccc2)CC1. The molecule has 124 valence electrons. The molecule has 1 aliphatic carbocycles. The Morgan fingerprint density at radius 2 is 2.04 bits per heavy atom. The van der Waals surface area contributed by atoms with Crippen LogP contribution in [-0.2, 0) is 4.79 Å². The van der Waals surface area contributed by atoms with E-state index in [1.54, 1.807) is 12.3 Å². The first-order valence-corrected chi connectivity index (χ1v) is 7.92. The van der Waals surface area contributed by atoms with Crippen molar-refractivity contribution in [2.75, 3.05) is 6.54 Å². The van der Waals surface area contributed by atoms with Crippen LogP contribution in [0.25, 0.3) is 6.08 Å². The molecule has 1 heterocycles. The zero-order valence-electron chi connectivity index (χ0n) is 13.2. The van der Waals surface area contributed by atoms with Crippen LogP contribution in [0, 0.1) is 5.41 Å². The minimum absolute atomic E-state index is 0.0560. The summed E-state index contributed by atoms with van der Waals surface area (Å²) in [6.07, 6.45) is 7.10. The minimum atomic E-state index is -0.571. The molecular formula is C19H20N2O3. The average molecular weight is 324 g/mol. The highest BCUT2D eigenvalue weighted by atomic mass is 16.3. The number of nitrogens with one attached hydrogen (secondary N) is 1. The maximum Gasteiger partial charge on any atom is 0.244 e. The molecule has 0 aliphatic heterocycles. The van der Waals surface area contributed by atoms with Crippen LogP contribution in [0.2, 0.25) is 0 Å². The number of hydrogen-bond acceptors (Lipinski definition) is 4. The average Bonchev–Trinajstić information content (AvgIpc) is 3.39. The van der Waals surface area contributed by atoms with Crippen molar-refractivity contribution < 1.29 is 15.0 Å². The van der Waals surface area contributed by atoms with Gasteiger partial charge in [-0.15, -0.1) is 0 Å². The number of aromatic hydroxyl groups is 1. The van der Waals surface area contributed by atoms with Gasteiger partial charge in [0.05, 0.1) is 12.3 Å². The van der Waals surface area contributed by atoms with Gasteiger partial charge in [-0.25, -0.2) is 0 Å². The molecule has 0 bridgehead atoms. The number of rotatable bonds is 6. The second-order valence-corrected chi connectivity index (χ2v) is 6.20. The standard InChI is InChI=1S/C19H20N2O3/c22-16-10-14(11-20-12-16)6-7-17(23)21-13-19(8-9-19)18(24)15-4-2-1-3-5-15/h1-7,10-12,18,22,24H,8-9,13H2,(H,21,23)/b7-6+. The highest BCUT2D eigenvalue weighted by Crippen LogP contribution is 2.54. The molecule has 1 aromatic heterocycles. The van der Waals surface area contributed by atoms with Gasteiger partial charge >= 0.3 is 0 Å². The summed E-state index contributed by atoms with van der Waals surface area (Å²) in [7, 11) is 0. The van der Waals surface area contributed by atoms with Gasteiger partial charge in [-0.3, -0.25) is 9.78 Å². The van der Waals surface area contributed by atoms with Crippen LogP contribution >= 0.6 is 0 Å². The van der Waals surface area contributed by atoms with E-state index in [0.717, 1.165) is 18.4 Å². The third kappa shape index (κ3) is 3.81. The molecule has 1 atom stereocenters. The maximum atomic E-state index is 12.0. The molecule has 0 saturated heterocycles. The number of aromatic nitrogens is 1. The minimum Gasteiger partial charge on any atom is -0.506 e. The quantitative estimate of drug-likeness (QED) is 0.713. The fraction of sp³-hybridized carbons (Fsp3) is 0.263. The van der Waals surface area contributed by atoms with E-state index in [1.165, 1.54) is 18.3 Å². The zero-order valence-corrected chi connectivity index (χ0v) is 13.2. The Morgan fingerprint density at radius 1 is 1.29 bits per heavy atom. The third-order valence-corrected chi connectivity index (χ3v) is 4.37. The predicted octanol–water partition coefficient (Wildman–Crippen LogP) is 2.43. The largest absolute Gasteiger partial charge is 0.506 e. The second-order valence-electron chi connectivity index (χ2n) is 6.20. The summed E-state index contributed by atoms with van der Waals surface area (Å²) in [6, 6.07) is 11.1. The van der Waals surface area contributed by atoms with Gasteiger partial charge in [0, 0.05) is 24.2 Å². The van der Waals surface area contributed by atoms with Crippen LogP contribution in [0.15, 0.2) is 54.9 Å². The Labute approximate surface area is 140 Å². The van der Waals surface area contributed by atoms with Gasteiger partial charge in [0.25, 0.3) is 0 Å². The van der Waals surface area contributed by atoms with Crippen LogP contribution in [0.4, 0.5) is 0 Å². The lowest BCUT2D eigenvalue weighted by molar-refractivity contribution is -0.116. The highest BCUT2D eigenvalue weighted by Gasteiger charge is 2.49. The molecule has 0 radical (unpaired) electrons. The van der Waals surface area contributed by atoms with Crippen LogP contribution in [-0.4, -0.2) is 27.6 Å².